The second-order valence-electron chi connectivity index (χ2n) is 5.36. The second-order valence-corrected chi connectivity index (χ2v) is 7.51. The summed E-state index contributed by atoms with van der Waals surface area (Å²) in [4.78, 5) is 22.3. The van der Waals surface area contributed by atoms with Gasteiger partial charge in [0, 0.05) is 31.8 Å². The lowest BCUT2D eigenvalue weighted by atomic mass is 10.1. The zero-order valence-electron chi connectivity index (χ0n) is 13.6. The van der Waals surface area contributed by atoms with Crippen LogP contribution in [-0.4, -0.2) is 37.5 Å². The van der Waals surface area contributed by atoms with Crippen molar-refractivity contribution in [3.63, 3.8) is 0 Å². The van der Waals surface area contributed by atoms with E-state index in [1.165, 1.54) is 74.8 Å². The number of carbonyl (C=O) groups is 1. The number of hydrogen-bond donors (Lipinski definition) is 0. The molecule has 0 saturated heterocycles. The number of non-ortho nitro benzene ring substituents is 1. The second kappa shape index (κ2) is 7.37. The Morgan fingerprint density at radius 2 is 1.60 bits per heavy atom. The van der Waals surface area contributed by atoms with Crippen molar-refractivity contribution in [2.24, 2.45) is 0 Å². The summed E-state index contributed by atoms with van der Waals surface area (Å²) in [7, 11) is -0.673. The highest BCUT2D eigenvalue weighted by molar-refractivity contribution is 7.89. The standard InChI is InChI=1S/C17H16N2O5S/c1-18(2)25(23,24)16-10-6-14(7-11-16)17(20)12-5-13-3-8-15(9-4-13)19(21)22/h3-12H,1-2H3/b12-5+. The molecule has 0 aliphatic rings. The third-order valence-corrected chi connectivity index (χ3v) is 5.28. The van der Waals surface area contributed by atoms with Crippen molar-refractivity contribution in [3.8, 4) is 0 Å². The third kappa shape index (κ3) is 4.37. The fraction of sp³-hybridized carbons (Fsp3) is 0.118. The van der Waals surface area contributed by atoms with Gasteiger partial charge in [-0.2, -0.15) is 0 Å². The minimum atomic E-state index is -3.54. The number of nitro benzene ring substituents is 1. The Kier molecular flexibility index (Phi) is 5.45. The summed E-state index contributed by atoms with van der Waals surface area (Å²) in [6.07, 6.45) is 2.87. The van der Waals surface area contributed by atoms with Crippen LogP contribution in [0.4, 0.5) is 5.69 Å². The summed E-state index contributed by atoms with van der Waals surface area (Å²) in [5.41, 5.74) is 0.961. The molecule has 0 heterocycles. The van der Waals surface area contributed by atoms with Gasteiger partial charge in [0.2, 0.25) is 10.0 Å². The van der Waals surface area contributed by atoms with Gasteiger partial charge in [0.15, 0.2) is 5.78 Å². The van der Waals surface area contributed by atoms with Crippen LogP contribution in [-0.2, 0) is 10.0 Å². The molecule has 2 rings (SSSR count). The zero-order valence-corrected chi connectivity index (χ0v) is 14.4. The Balaban J connectivity index is 2.14. The Bertz CT molecular complexity index is 915. The number of rotatable bonds is 6. The van der Waals surface area contributed by atoms with Gasteiger partial charge in [-0.05, 0) is 48.0 Å². The van der Waals surface area contributed by atoms with Crippen LogP contribution in [0.3, 0.4) is 0 Å². The average molecular weight is 360 g/mol. The molecule has 0 aliphatic heterocycles. The zero-order chi connectivity index (χ0) is 18.6. The minimum absolute atomic E-state index is 0.0267. The van der Waals surface area contributed by atoms with E-state index in [-0.39, 0.29) is 16.4 Å². The van der Waals surface area contributed by atoms with Crippen LogP contribution in [0.5, 0.6) is 0 Å². The first-order valence-corrected chi connectivity index (χ1v) is 8.65. The van der Waals surface area contributed by atoms with Gasteiger partial charge >= 0.3 is 0 Å². The Morgan fingerprint density at radius 3 is 2.08 bits per heavy atom. The normalized spacial score (nSPS) is 11.8. The van der Waals surface area contributed by atoms with E-state index >= 15 is 0 Å². The van der Waals surface area contributed by atoms with Gasteiger partial charge in [-0.1, -0.05) is 6.08 Å². The maximum absolute atomic E-state index is 12.1. The number of ketones is 1. The van der Waals surface area contributed by atoms with Gasteiger partial charge in [-0.15, -0.1) is 0 Å². The molecule has 0 N–H and O–H groups in total. The van der Waals surface area contributed by atoms with E-state index in [0.717, 1.165) is 4.31 Å². The van der Waals surface area contributed by atoms with Gasteiger partial charge in [0.25, 0.3) is 5.69 Å². The number of hydrogen-bond acceptors (Lipinski definition) is 5. The Labute approximate surface area is 145 Å². The highest BCUT2D eigenvalue weighted by Gasteiger charge is 2.17. The molecule has 0 radical (unpaired) electrons. The highest BCUT2D eigenvalue weighted by atomic mass is 32.2. The lowest BCUT2D eigenvalue weighted by Gasteiger charge is -2.11. The smallest absolute Gasteiger partial charge is 0.269 e. The Hall–Kier alpha value is -2.84. The number of carbonyl (C=O) groups excluding carboxylic acids is 1. The largest absolute Gasteiger partial charge is 0.289 e. The van der Waals surface area contributed by atoms with E-state index in [1.807, 2.05) is 0 Å². The molecule has 2 aromatic rings. The number of sulfonamides is 1. The molecule has 0 unspecified atom stereocenters. The van der Waals surface area contributed by atoms with Crippen LogP contribution >= 0.6 is 0 Å². The van der Waals surface area contributed by atoms with Gasteiger partial charge < -0.3 is 0 Å². The van der Waals surface area contributed by atoms with E-state index in [9.17, 15) is 23.3 Å². The third-order valence-electron chi connectivity index (χ3n) is 3.45. The molecule has 0 aliphatic carbocycles. The SMILES string of the molecule is CN(C)S(=O)(=O)c1ccc(C(=O)/C=C/c2ccc([N+](=O)[O-])cc2)cc1. The van der Waals surface area contributed by atoms with Crippen molar-refractivity contribution in [1.82, 2.24) is 4.31 Å². The van der Waals surface area contributed by atoms with E-state index in [4.69, 9.17) is 0 Å². The maximum atomic E-state index is 12.1. The molecule has 130 valence electrons. The van der Waals surface area contributed by atoms with E-state index < -0.39 is 14.9 Å². The van der Waals surface area contributed by atoms with Crippen LogP contribution in [0.1, 0.15) is 15.9 Å². The van der Waals surface area contributed by atoms with Crippen molar-refractivity contribution in [3.05, 3.63) is 75.8 Å². The molecule has 0 spiro atoms. The molecule has 0 amide bonds. The number of nitro groups is 1. The van der Waals surface area contributed by atoms with Crippen LogP contribution in [0, 0.1) is 10.1 Å². The summed E-state index contributed by atoms with van der Waals surface area (Å²) in [5, 5.41) is 10.6. The van der Waals surface area contributed by atoms with Crippen LogP contribution in [0.2, 0.25) is 0 Å². The Morgan fingerprint density at radius 1 is 1.04 bits per heavy atom. The number of allylic oxidation sites excluding steroid dienone is 1. The van der Waals surface area contributed by atoms with E-state index in [2.05, 4.69) is 0 Å². The molecule has 0 atom stereocenters. The van der Waals surface area contributed by atoms with Crippen molar-refractivity contribution in [2.75, 3.05) is 14.1 Å². The molecular weight excluding hydrogens is 344 g/mol. The van der Waals surface area contributed by atoms with E-state index in [1.54, 1.807) is 0 Å². The summed E-state index contributed by atoms with van der Waals surface area (Å²) in [6, 6.07) is 11.4. The van der Waals surface area contributed by atoms with Gasteiger partial charge in [0.05, 0.1) is 9.82 Å². The summed E-state index contributed by atoms with van der Waals surface area (Å²) in [5.74, 6) is -0.299. The summed E-state index contributed by atoms with van der Waals surface area (Å²) < 4.78 is 25.1. The maximum Gasteiger partial charge on any atom is 0.269 e. The van der Waals surface area contributed by atoms with Crippen molar-refractivity contribution in [1.29, 1.82) is 0 Å². The molecule has 25 heavy (non-hydrogen) atoms. The molecule has 0 bridgehead atoms. The summed E-state index contributed by atoms with van der Waals surface area (Å²) in [6.45, 7) is 0. The van der Waals surface area contributed by atoms with Crippen LogP contribution < -0.4 is 0 Å². The molecule has 0 fully saturated rings. The monoisotopic (exact) mass is 360 g/mol. The lowest BCUT2D eigenvalue weighted by molar-refractivity contribution is -0.384. The molecule has 7 nitrogen and oxygen atoms in total. The van der Waals surface area contributed by atoms with Crippen molar-refractivity contribution >= 4 is 27.6 Å². The number of benzene rings is 2. The van der Waals surface area contributed by atoms with Gasteiger partial charge in [-0.3, -0.25) is 14.9 Å². The minimum Gasteiger partial charge on any atom is -0.289 e. The average Bonchev–Trinajstić information content (AvgIpc) is 2.60. The molecule has 2 aromatic carbocycles. The first-order chi connectivity index (χ1) is 11.7. The first kappa shape index (κ1) is 18.5. The van der Waals surface area contributed by atoms with Crippen LogP contribution in [0.15, 0.2) is 59.5 Å². The highest BCUT2D eigenvalue weighted by Crippen LogP contribution is 2.16. The molecule has 0 saturated carbocycles. The van der Waals surface area contributed by atoms with Gasteiger partial charge in [-0.25, -0.2) is 12.7 Å². The number of nitrogens with zero attached hydrogens (tertiary/aromatic N) is 2. The summed E-state index contributed by atoms with van der Waals surface area (Å²) >= 11 is 0. The lowest BCUT2D eigenvalue weighted by Crippen LogP contribution is -2.22. The quantitative estimate of drug-likeness (QED) is 0.341. The van der Waals surface area contributed by atoms with Crippen molar-refractivity contribution < 1.29 is 18.1 Å². The first-order valence-electron chi connectivity index (χ1n) is 7.21. The van der Waals surface area contributed by atoms with E-state index in [0.29, 0.717) is 11.1 Å². The van der Waals surface area contributed by atoms with Crippen LogP contribution in [0.25, 0.3) is 6.08 Å². The van der Waals surface area contributed by atoms with Gasteiger partial charge in [0.1, 0.15) is 0 Å². The topological polar surface area (TPSA) is 97.6 Å². The fourth-order valence-corrected chi connectivity index (χ4v) is 2.88. The molecule has 0 aromatic heterocycles. The predicted octanol–water partition coefficient (Wildman–Crippen LogP) is 2.74. The molecular formula is C17H16N2O5S. The van der Waals surface area contributed by atoms with Crippen molar-refractivity contribution in [2.45, 2.75) is 4.90 Å². The predicted molar refractivity (Wildman–Crippen MR) is 93.8 cm³/mol. The fourth-order valence-electron chi connectivity index (χ4n) is 1.98. The molecule has 8 heteroatoms.